The Bertz CT molecular complexity index is 659. The molecule has 1 heterocycles. The zero-order chi connectivity index (χ0) is 18.7. The number of ether oxygens (including phenoxy) is 1. The fraction of sp³-hybridized carbons (Fsp3) is 0.429. The van der Waals surface area contributed by atoms with Gasteiger partial charge >= 0.3 is 7.12 Å². The van der Waals surface area contributed by atoms with Gasteiger partial charge < -0.3 is 14.0 Å². The maximum atomic E-state index is 6.09. The van der Waals surface area contributed by atoms with Gasteiger partial charge in [0.15, 0.2) is 0 Å². The molecule has 0 N–H and O–H groups in total. The van der Waals surface area contributed by atoms with Gasteiger partial charge in [0.1, 0.15) is 5.75 Å². The lowest BCUT2D eigenvalue weighted by Crippen LogP contribution is -2.41. The smallest absolute Gasteiger partial charge is 0.494 e. The highest BCUT2D eigenvalue weighted by Crippen LogP contribution is 2.36. The molecule has 0 saturated carbocycles. The SMILES string of the molecule is CC.COc1ccc(-c2ccc(B3OC(C)(C)C(C)(C)O3)cc2)cc1. The molecule has 0 radical (unpaired) electrons. The van der Waals surface area contributed by atoms with Crippen molar-refractivity contribution in [3.05, 3.63) is 48.5 Å². The van der Waals surface area contributed by atoms with E-state index in [4.69, 9.17) is 14.0 Å². The Kier molecular flexibility index (Phi) is 5.97. The number of benzene rings is 2. The van der Waals surface area contributed by atoms with E-state index in [1.165, 1.54) is 0 Å². The second kappa shape index (κ2) is 7.63. The molecule has 3 rings (SSSR count). The summed E-state index contributed by atoms with van der Waals surface area (Å²) in [7, 11) is 1.36. The molecule has 1 fully saturated rings. The minimum atomic E-state index is -0.315. The molecule has 0 unspecified atom stereocenters. The Morgan fingerprint density at radius 2 is 1.12 bits per heavy atom. The van der Waals surface area contributed by atoms with Crippen molar-refractivity contribution in [1.82, 2.24) is 0 Å². The van der Waals surface area contributed by atoms with Crippen LogP contribution in [0, 0.1) is 0 Å². The lowest BCUT2D eigenvalue weighted by molar-refractivity contribution is 0.00578. The van der Waals surface area contributed by atoms with Crippen LogP contribution < -0.4 is 10.2 Å². The summed E-state index contributed by atoms with van der Waals surface area (Å²) in [6, 6.07) is 16.4. The van der Waals surface area contributed by atoms with Crippen molar-refractivity contribution < 1.29 is 14.0 Å². The van der Waals surface area contributed by atoms with Gasteiger partial charge in [0, 0.05) is 0 Å². The summed E-state index contributed by atoms with van der Waals surface area (Å²) in [5.74, 6) is 0.864. The second-order valence-corrected chi connectivity index (χ2v) is 6.94. The van der Waals surface area contributed by atoms with Crippen molar-refractivity contribution in [3.8, 4) is 16.9 Å². The van der Waals surface area contributed by atoms with Crippen LogP contribution in [-0.2, 0) is 9.31 Å². The molecular weight excluding hydrogens is 311 g/mol. The van der Waals surface area contributed by atoms with Crippen LogP contribution in [0.2, 0.25) is 0 Å². The van der Waals surface area contributed by atoms with Gasteiger partial charge in [-0.15, -0.1) is 0 Å². The van der Waals surface area contributed by atoms with Crippen molar-refractivity contribution >= 4 is 12.6 Å². The third-order valence-corrected chi connectivity index (χ3v) is 4.86. The molecule has 0 atom stereocenters. The molecule has 0 spiro atoms. The summed E-state index contributed by atoms with van der Waals surface area (Å²) in [6.45, 7) is 12.3. The number of hydrogen-bond acceptors (Lipinski definition) is 3. The van der Waals surface area contributed by atoms with E-state index in [2.05, 4.69) is 64.1 Å². The lowest BCUT2D eigenvalue weighted by Gasteiger charge is -2.32. The average Bonchev–Trinajstić information content (AvgIpc) is 2.85. The second-order valence-electron chi connectivity index (χ2n) is 6.94. The van der Waals surface area contributed by atoms with Gasteiger partial charge in [-0.25, -0.2) is 0 Å². The van der Waals surface area contributed by atoms with Gasteiger partial charge in [-0.3, -0.25) is 0 Å². The van der Waals surface area contributed by atoms with Crippen molar-refractivity contribution in [1.29, 1.82) is 0 Å². The Balaban J connectivity index is 0.00000109. The Morgan fingerprint density at radius 1 is 0.720 bits per heavy atom. The van der Waals surface area contributed by atoms with E-state index in [1.807, 2.05) is 26.0 Å². The molecule has 4 heteroatoms. The summed E-state index contributed by atoms with van der Waals surface area (Å²) in [5.41, 5.74) is 2.73. The molecule has 3 nitrogen and oxygen atoms in total. The van der Waals surface area contributed by atoms with Crippen LogP contribution in [0.4, 0.5) is 0 Å². The summed E-state index contributed by atoms with van der Waals surface area (Å²) in [5, 5.41) is 0. The van der Waals surface area contributed by atoms with Crippen LogP contribution in [0.25, 0.3) is 11.1 Å². The van der Waals surface area contributed by atoms with Gasteiger partial charge in [0.05, 0.1) is 18.3 Å². The number of methoxy groups -OCH3 is 1. The summed E-state index contributed by atoms with van der Waals surface area (Å²) in [6.07, 6.45) is 0. The predicted octanol–water partition coefficient (Wildman–Crippen LogP) is 4.69. The maximum Gasteiger partial charge on any atom is 0.494 e. The average molecular weight is 340 g/mol. The molecule has 134 valence electrons. The minimum absolute atomic E-state index is 0.313. The van der Waals surface area contributed by atoms with E-state index >= 15 is 0 Å². The molecule has 0 amide bonds. The topological polar surface area (TPSA) is 27.7 Å². The predicted molar refractivity (Wildman–Crippen MR) is 105 cm³/mol. The Morgan fingerprint density at radius 3 is 1.52 bits per heavy atom. The molecule has 1 saturated heterocycles. The highest BCUT2D eigenvalue weighted by molar-refractivity contribution is 6.62. The minimum Gasteiger partial charge on any atom is -0.497 e. The van der Waals surface area contributed by atoms with Crippen molar-refractivity contribution in [2.45, 2.75) is 52.7 Å². The Hall–Kier alpha value is -1.78. The molecular formula is C21H29BO3. The molecule has 2 aromatic rings. The molecule has 0 aromatic heterocycles. The van der Waals surface area contributed by atoms with E-state index in [0.717, 1.165) is 22.3 Å². The first kappa shape index (κ1) is 19.5. The highest BCUT2D eigenvalue weighted by atomic mass is 16.7. The van der Waals surface area contributed by atoms with E-state index < -0.39 is 0 Å². The van der Waals surface area contributed by atoms with Crippen molar-refractivity contribution in [3.63, 3.8) is 0 Å². The first-order valence-corrected chi connectivity index (χ1v) is 8.92. The first-order valence-electron chi connectivity index (χ1n) is 8.92. The third kappa shape index (κ3) is 4.08. The normalized spacial score (nSPS) is 17.6. The number of rotatable bonds is 3. The summed E-state index contributed by atoms with van der Waals surface area (Å²) < 4.78 is 17.4. The van der Waals surface area contributed by atoms with E-state index in [-0.39, 0.29) is 18.3 Å². The molecule has 25 heavy (non-hydrogen) atoms. The van der Waals surface area contributed by atoms with E-state index in [1.54, 1.807) is 7.11 Å². The molecule has 1 aliphatic heterocycles. The van der Waals surface area contributed by atoms with Crippen LogP contribution in [0.3, 0.4) is 0 Å². The highest BCUT2D eigenvalue weighted by Gasteiger charge is 2.51. The zero-order valence-corrected chi connectivity index (χ0v) is 16.4. The van der Waals surface area contributed by atoms with Crippen LogP contribution in [0.15, 0.2) is 48.5 Å². The van der Waals surface area contributed by atoms with Crippen LogP contribution in [-0.4, -0.2) is 25.4 Å². The van der Waals surface area contributed by atoms with Gasteiger partial charge in [0.25, 0.3) is 0 Å². The fourth-order valence-corrected chi connectivity index (χ4v) is 2.60. The van der Waals surface area contributed by atoms with Crippen molar-refractivity contribution in [2.75, 3.05) is 7.11 Å². The van der Waals surface area contributed by atoms with Crippen LogP contribution in [0.1, 0.15) is 41.5 Å². The van der Waals surface area contributed by atoms with Crippen LogP contribution >= 0.6 is 0 Å². The van der Waals surface area contributed by atoms with Crippen LogP contribution in [0.5, 0.6) is 5.75 Å². The summed E-state index contributed by atoms with van der Waals surface area (Å²) in [4.78, 5) is 0. The van der Waals surface area contributed by atoms with Gasteiger partial charge in [0.2, 0.25) is 0 Å². The quantitative estimate of drug-likeness (QED) is 0.759. The zero-order valence-electron chi connectivity index (χ0n) is 16.4. The third-order valence-electron chi connectivity index (χ3n) is 4.86. The Labute approximate surface area is 152 Å². The van der Waals surface area contributed by atoms with Gasteiger partial charge in [-0.1, -0.05) is 50.2 Å². The lowest BCUT2D eigenvalue weighted by atomic mass is 9.78. The molecule has 1 aliphatic rings. The number of hydrogen-bond donors (Lipinski definition) is 0. The largest absolute Gasteiger partial charge is 0.497 e. The van der Waals surface area contributed by atoms with Gasteiger partial charge in [-0.2, -0.15) is 0 Å². The fourth-order valence-electron chi connectivity index (χ4n) is 2.60. The van der Waals surface area contributed by atoms with Crippen molar-refractivity contribution in [2.24, 2.45) is 0 Å². The van der Waals surface area contributed by atoms with E-state index in [9.17, 15) is 0 Å². The molecule has 2 aromatic carbocycles. The first-order chi connectivity index (χ1) is 11.8. The molecule has 0 bridgehead atoms. The standard InChI is InChI=1S/C19H23BO3.C2H6/c1-18(2)19(3,4)23-20(22-18)16-10-6-14(7-11-16)15-8-12-17(21-5)13-9-15;1-2/h6-13H,1-5H3;1-2H3. The summed E-state index contributed by atoms with van der Waals surface area (Å²) >= 11 is 0. The maximum absolute atomic E-state index is 6.09. The molecule has 0 aliphatic carbocycles. The van der Waals surface area contributed by atoms with E-state index in [0.29, 0.717) is 0 Å². The monoisotopic (exact) mass is 340 g/mol. The van der Waals surface area contributed by atoms with Gasteiger partial charge in [-0.05, 0) is 56.4 Å².